The molecule has 0 unspecified atom stereocenters. The van der Waals surface area contributed by atoms with Crippen molar-refractivity contribution in [2.45, 2.75) is 63.1 Å². The number of aryl methyl sites for hydroxylation is 2. The Morgan fingerprint density at radius 1 is 1.31 bits per heavy atom. The minimum absolute atomic E-state index is 0.00649. The van der Waals surface area contributed by atoms with Crippen molar-refractivity contribution in [1.82, 2.24) is 9.80 Å². The van der Waals surface area contributed by atoms with Crippen LogP contribution in [0, 0.1) is 19.8 Å². The number of hydrogen-bond donors (Lipinski definition) is 1. The smallest absolute Gasteiger partial charge is 0.246 e. The lowest BCUT2D eigenvalue weighted by molar-refractivity contribution is -0.135. The van der Waals surface area contributed by atoms with Gasteiger partial charge < -0.3 is 14.7 Å². The Kier molecular flexibility index (Phi) is 5.52. The van der Waals surface area contributed by atoms with Gasteiger partial charge in [0.15, 0.2) is 11.5 Å². The minimum Gasteiger partial charge on any atom is -0.504 e. The third-order valence-corrected chi connectivity index (χ3v) is 9.42. The number of likely N-dealkylation sites (N-methyl/N-ethyl adjacent to an activating group) is 1. The summed E-state index contributed by atoms with van der Waals surface area (Å²) >= 11 is 0. The van der Waals surface area contributed by atoms with E-state index in [0.717, 1.165) is 49.9 Å². The van der Waals surface area contributed by atoms with Crippen LogP contribution in [0.2, 0.25) is 0 Å². The number of ether oxygens (including phenoxy) is 1. The molecule has 2 bridgehead atoms. The molecular formula is C31H36N2O3. The first kappa shape index (κ1) is 23.4. The van der Waals surface area contributed by atoms with E-state index in [1.54, 1.807) is 6.08 Å². The first-order valence-electron chi connectivity index (χ1n) is 13.2. The molecule has 0 aromatic heterocycles. The summed E-state index contributed by atoms with van der Waals surface area (Å²) in [6.07, 6.45) is 9.38. The van der Waals surface area contributed by atoms with E-state index >= 15 is 0 Å². The Morgan fingerprint density at radius 3 is 2.92 bits per heavy atom. The fourth-order valence-corrected chi connectivity index (χ4v) is 7.88. The largest absolute Gasteiger partial charge is 0.504 e. The van der Waals surface area contributed by atoms with Gasteiger partial charge in [-0.15, -0.1) is 6.58 Å². The fourth-order valence-electron chi connectivity index (χ4n) is 7.88. The van der Waals surface area contributed by atoms with Gasteiger partial charge in [-0.3, -0.25) is 9.69 Å². The van der Waals surface area contributed by atoms with Crippen LogP contribution < -0.4 is 4.74 Å². The standard InChI is InChI=1S/C31H36N2O3/c1-5-14-33-15-13-31-23-10-11-24(32(4)27(35)12-9-21-8-6-7-19(2)16-21)30(31)36-29-26(34)17-20(3)22(28(29)31)18-25(23)33/h5-9,12,16-17,23-25,30,34H,1,10-11,13-15,18H2,2-4H3/t23-,24-,25+,30-,31-/m0/s1. The number of piperidine rings is 1. The van der Waals surface area contributed by atoms with Crippen LogP contribution in [0.25, 0.3) is 6.08 Å². The van der Waals surface area contributed by atoms with Gasteiger partial charge in [0.2, 0.25) is 5.91 Å². The highest BCUT2D eigenvalue weighted by atomic mass is 16.5. The second kappa shape index (κ2) is 8.52. The first-order chi connectivity index (χ1) is 17.3. The van der Waals surface area contributed by atoms with Crippen molar-refractivity contribution in [2.24, 2.45) is 5.92 Å². The van der Waals surface area contributed by atoms with Crippen molar-refractivity contribution in [3.63, 3.8) is 0 Å². The predicted octanol–water partition coefficient (Wildman–Crippen LogP) is 4.77. The van der Waals surface area contributed by atoms with Gasteiger partial charge in [0.1, 0.15) is 6.10 Å². The lowest BCUT2D eigenvalue weighted by Crippen LogP contribution is -2.68. The van der Waals surface area contributed by atoms with Crippen LogP contribution in [-0.4, -0.2) is 59.1 Å². The molecule has 2 fully saturated rings. The third kappa shape index (κ3) is 3.28. The van der Waals surface area contributed by atoms with Crippen molar-refractivity contribution < 1.29 is 14.6 Å². The van der Waals surface area contributed by atoms with Crippen molar-refractivity contribution in [3.8, 4) is 11.5 Å². The summed E-state index contributed by atoms with van der Waals surface area (Å²) in [6, 6.07) is 10.4. The second-order valence-corrected chi connectivity index (χ2v) is 11.2. The van der Waals surface area contributed by atoms with Gasteiger partial charge in [0.05, 0.1) is 6.04 Å². The Morgan fingerprint density at radius 2 is 2.14 bits per heavy atom. The second-order valence-electron chi connectivity index (χ2n) is 11.2. The van der Waals surface area contributed by atoms with Gasteiger partial charge in [-0.25, -0.2) is 0 Å². The maximum Gasteiger partial charge on any atom is 0.246 e. The van der Waals surface area contributed by atoms with Gasteiger partial charge >= 0.3 is 0 Å². The quantitative estimate of drug-likeness (QED) is 0.491. The van der Waals surface area contributed by atoms with E-state index in [4.69, 9.17) is 4.74 Å². The number of amides is 1. The Hall–Kier alpha value is -3.05. The monoisotopic (exact) mass is 484 g/mol. The molecule has 4 aliphatic rings. The molecule has 36 heavy (non-hydrogen) atoms. The lowest BCUT2D eigenvalue weighted by Gasteiger charge is -2.60. The number of hydrogen-bond acceptors (Lipinski definition) is 4. The zero-order chi connectivity index (χ0) is 25.2. The Labute approximate surface area is 214 Å². The van der Waals surface area contributed by atoms with Crippen LogP contribution in [0.5, 0.6) is 11.5 Å². The summed E-state index contributed by atoms with van der Waals surface area (Å²) in [7, 11) is 1.91. The van der Waals surface area contributed by atoms with Gasteiger partial charge in [-0.2, -0.15) is 0 Å². The third-order valence-electron chi connectivity index (χ3n) is 9.42. The van der Waals surface area contributed by atoms with Gasteiger partial charge in [0.25, 0.3) is 0 Å². The average Bonchev–Trinajstić information content (AvgIpc) is 3.20. The summed E-state index contributed by atoms with van der Waals surface area (Å²) < 4.78 is 6.72. The first-order valence-corrected chi connectivity index (χ1v) is 13.2. The predicted molar refractivity (Wildman–Crippen MR) is 142 cm³/mol. The topological polar surface area (TPSA) is 53.0 Å². The molecule has 1 amide bonds. The molecule has 2 aliphatic carbocycles. The summed E-state index contributed by atoms with van der Waals surface area (Å²) in [5.41, 5.74) is 5.77. The van der Waals surface area contributed by atoms with Crippen LogP contribution in [0.15, 0.2) is 49.1 Å². The number of benzene rings is 2. The van der Waals surface area contributed by atoms with E-state index in [0.29, 0.717) is 17.7 Å². The van der Waals surface area contributed by atoms with E-state index in [2.05, 4.69) is 37.5 Å². The average molecular weight is 485 g/mol. The molecule has 2 heterocycles. The molecule has 1 spiro atoms. The normalized spacial score (nSPS) is 30.1. The molecule has 5 heteroatoms. The molecule has 6 rings (SSSR count). The van der Waals surface area contributed by atoms with E-state index in [9.17, 15) is 9.90 Å². The highest BCUT2D eigenvalue weighted by Gasteiger charge is 2.66. The Balaban J connectivity index is 1.37. The number of nitrogens with zero attached hydrogens (tertiary/aromatic N) is 2. The van der Waals surface area contributed by atoms with Crippen molar-refractivity contribution in [3.05, 3.63) is 76.9 Å². The van der Waals surface area contributed by atoms with Crippen molar-refractivity contribution >= 4 is 12.0 Å². The molecule has 188 valence electrons. The summed E-state index contributed by atoms with van der Waals surface area (Å²) in [6.45, 7) is 10.1. The number of carbonyl (C=O) groups excluding carboxylic acids is 1. The maximum atomic E-state index is 13.4. The number of phenolic OH excluding ortho intramolecular Hbond substituents is 1. The van der Waals surface area contributed by atoms with Crippen molar-refractivity contribution in [1.29, 1.82) is 0 Å². The van der Waals surface area contributed by atoms with Gasteiger partial charge in [0, 0.05) is 36.7 Å². The van der Waals surface area contributed by atoms with Gasteiger partial charge in [-0.1, -0.05) is 35.9 Å². The molecule has 1 N–H and O–H groups in total. The zero-order valence-electron chi connectivity index (χ0n) is 21.5. The zero-order valence-corrected chi connectivity index (χ0v) is 21.5. The molecule has 0 radical (unpaired) electrons. The van der Waals surface area contributed by atoms with Crippen LogP contribution in [0.1, 0.15) is 47.1 Å². The molecular weight excluding hydrogens is 448 g/mol. The highest BCUT2D eigenvalue weighted by Crippen LogP contribution is 2.64. The van der Waals surface area contributed by atoms with Crippen LogP contribution in [0.4, 0.5) is 0 Å². The summed E-state index contributed by atoms with van der Waals surface area (Å²) in [5.74, 6) is 1.36. The fraction of sp³-hybridized carbons (Fsp3) is 0.452. The number of rotatable bonds is 5. The molecule has 5 atom stereocenters. The molecule has 2 aromatic carbocycles. The van der Waals surface area contributed by atoms with E-state index in [-0.39, 0.29) is 29.2 Å². The summed E-state index contributed by atoms with van der Waals surface area (Å²) in [4.78, 5) is 17.8. The number of phenols is 1. The number of aromatic hydroxyl groups is 1. The Bertz CT molecular complexity index is 1270. The summed E-state index contributed by atoms with van der Waals surface area (Å²) in [5, 5.41) is 11.0. The highest BCUT2D eigenvalue weighted by molar-refractivity contribution is 5.92. The minimum atomic E-state index is -0.160. The van der Waals surface area contributed by atoms with E-state index in [1.807, 2.05) is 42.3 Å². The van der Waals surface area contributed by atoms with E-state index < -0.39 is 0 Å². The number of carbonyl (C=O) groups is 1. The molecule has 1 saturated carbocycles. The van der Waals surface area contributed by atoms with Crippen LogP contribution in [-0.2, 0) is 16.6 Å². The molecule has 2 aromatic rings. The molecule has 5 nitrogen and oxygen atoms in total. The molecule has 1 saturated heterocycles. The SMILES string of the molecule is C=CCN1CC[C@]23c4c5c(C)cc(O)c4O[C@H]2[C@@H](N(C)C(=O)C=Cc2cccc(C)c2)CC[C@H]3[C@H]1C5. The van der Waals surface area contributed by atoms with Gasteiger partial charge in [-0.05, 0) is 80.8 Å². The number of likely N-dealkylation sites (tertiary alicyclic amines) is 1. The van der Waals surface area contributed by atoms with Crippen LogP contribution in [0.3, 0.4) is 0 Å². The maximum absolute atomic E-state index is 13.4. The van der Waals surface area contributed by atoms with Crippen molar-refractivity contribution in [2.75, 3.05) is 20.1 Å². The van der Waals surface area contributed by atoms with Crippen LogP contribution >= 0.6 is 0 Å². The molecule has 2 aliphatic heterocycles. The lowest BCUT2D eigenvalue weighted by atomic mass is 9.50. The van der Waals surface area contributed by atoms with E-state index in [1.165, 1.54) is 16.7 Å².